The quantitative estimate of drug-likeness (QED) is 0.847. The molecule has 1 atom stereocenters. The maximum Gasteiger partial charge on any atom is 0.143 e. The van der Waals surface area contributed by atoms with Crippen LogP contribution < -0.4 is 4.74 Å². The Morgan fingerprint density at radius 1 is 1.22 bits per heavy atom. The van der Waals surface area contributed by atoms with E-state index in [0.717, 1.165) is 43.3 Å². The van der Waals surface area contributed by atoms with Gasteiger partial charge in [0.05, 0.1) is 12.2 Å². The predicted octanol–water partition coefficient (Wildman–Crippen LogP) is 2.19. The molecule has 1 fully saturated rings. The first kappa shape index (κ1) is 16.0. The van der Waals surface area contributed by atoms with E-state index in [1.807, 2.05) is 31.3 Å². The standard InChI is InChI=1S/C18H26N4O/c1-4-23-17-8-6-5-7-16(17)18-19-9-10-22(18)14-15-13-20(2)11-12-21(15)3/h5-10,15H,4,11-14H2,1-3H3/t15-/m0/s1. The van der Waals surface area contributed by atoms with E-state index in [1.165, 1.54) is 0 Å². The predicted molar refractivity (Wildman–Crippen MR) is 92.7 cm³/mol. The topological polar surface area (TPSA) is 33.5 Å². The highest BCUT2D eigenvalue weighted by Crippen LogP contribution is 2.29. The number of likely N-dealkylation sites (N-methyl/N-ethyl adjacent to an activating group) is 2. The molecular formula is C18H26N4O. The largest absolute Gasteiger partial charge is 0.493 e. The molecule has 0 saturated carbocycles. The van der Waals surface area contributed by atoms with Gasteiger partial charge < -0.3 is 14.2 Å². The van der Waals surface area contributed by atoms with Gasteiger partial charge in [-0.05, 0) is 33.2 Å². The van der Waals surface area contributed by atoms with Gasteiger partial charge in [-0.3, -0.25) is 4.90 Å². The van der Waals surface area contributed by atoms with Crippen molar-refractivity contribution in [3.8, 4) is 17.1 Å². The third-order valence-corrected chi connectivity index (χ3v) is 4.53. The Bertz CT molecular complexity index is 639. The summed E-state index contributed by atoms with van der Waals surface area (Å²) in [7, 11) is 4.40. The molecule has 1 saturated heterocycles. The maximum atomic E-state index is 5.77. The van der Waals surface area contributed by atoms with Gasteiger partial charge in [-0.25, -0.2) is 4.98 Å². The number of rotatable bonds is 5. The summed E-state index contributed by atoms with van der Waals surface area (Å²) in [6.07, 6.45) is 3.95. The minimum Gasteiger partial charge on any atom is -0.493 e. The molecule has 3 rings (SSSR count). The van der Waals surface area contributed by atoms with Gasteiger partial charge in [0.2, 0.25) is 0 Å². The molecule has 124 valence electrons. The molecular weight excluding hydrogens is 288 g/mol. The van der Waals surface area contributed by atoms with Crippen LogP contribution in [0.15, 0.2) is 36.7 Å². The van der Waals surface area contributed by atoms with Crippen molar-refractivity contribution in [1.29, 1.82) is 0 Å². The number of para-hydroxylation sites is 1. The molecule has 23 heavy (non-hydrogen) atoms. The normalized spacial score (nSPS) is 19.9. The van der Waals surface area contributed by atoms with Gasteiger partial charge in [0.1, 0.15) is 11.6 Å². The summed E-state index contributed by atoms with van der Waals surface area (Å²) in [4.78, 5) is 9.43. The second-order valence-corrected chi connectivity index (χ2v) is 6.23. The summed E-state index contributed by atoms with van der Waals surface area (Å²) >= 11 is 0. The van der Waals surface area contributed by atoms with Crippen LogP contribution in [0.2, 0.25) is 0 Å². The van der Waals surface area contributed by atoms with Crippen molar-refractivity contribution < 1.29 is 4.74 Å². The Morgan fingerprint density at radius 2 is 2.04 bits per heavy atom. The van der Waals surface area contributed by atoms with Crippen molar-refractivity contribution in [2.24, 2.45) is 0 Å². The molecule has 0 radical (unpaired) electrons. The van der Waals surface area contributed by atoms with Gasteiger partial charge in [-0.1, -0.05) is 12.1 Å². The second-order valence-electron chi connectivity index (χ2n) is 6.23. The number of aromatic nitrogens is 2. The van der Waals surface area contributed by atoms with Crippen molar-refractivity contribution in [2.45, 2.75) is 19.5 Å². The highest BCUT2D eigenvalue weighted by molar-refractivity contribution is 5.64. The van der Waals surface area contributed by atoms with Gasteiger partial charge in [0.25, 0.3) is 0 Å². The van der Waals surface area contributed by atoms with Crippen molar-refractivity contribution in [3.63, 3.8) is 0 Å². The lowest BCUT2D eigenvalue weighted by Gasteiger charge is -2.38. The Morgan fingerprint density at radius 3 is 2.87 bits per heavy atom. The van der Waals surface area contributed by atoms with E-state index in [2.05, 4.69) is 45.7 Å². The molecule has 1 aliphatic heterocycles. The molecule has 1 aliphatic rings. The van der Waals surface area contributed by atoms with Crippen LogP contribution in [0.25, 0.3) is 11.4 Å². The summed E-state index contributed by atoms with van der Waals surface area (Å²) in [5.74, 6) is 1.88. The highest BCUT2D eigenvalue weighted by atomic mass is 16.5. The molecule has 0 spiro atoms. The van der Waals surface area contributed by atoms with Crippen molar-refractivity contribution >= 4 is 0 Å². The molecule has 0 aliphatic carbocycles. The van der Waals surface area contributed by atoms with Crippen molar-refractivity contribution in [2.75, 3.05) is 40.3 Å². The zero-order chi connectivity index (χ0) is 16.2. The molecule has 0 N–H and O–H groups in total. The van der Waals surface area contributed by atoms with Gasteiger partial charge in [0, 0.05) is 44.6 Å². The zero-order valence-electron chi connectivity index (χ0n) is 14.3. The molecule has 1 aromatic carbocycles. The highest BCUT2D eigenvalue weighted by Gasteiger charge is 2.23. The first-order valence-corrected chi connectivity index (χ1v) is 8.31. The Kier molecular flexibility index (Phi) is 4.98. The first-order valence-electron chi connectivity index (χ1n) is 8.31. The molecule has 1 aromatic heterocycles. The lowest BCUT2D eigenvalue weighted by atomic mass is 10.1. The van der Waals surface area contributed by atoms with E-state index in [0.29, 0.717) is 12.6 Å². The lowest BCUT2D eigenvalue weighted by Crippen LogP contribution is -2.51. The smallest absolute Gasteiger partial charge is 0.143 e. The second kappa shape index (κ2) is 7.15. The number of ether oxygens (including phenoxy) is 1. The monoisotopic (exact) mass is 314 g/mol. The van der Waals surface area contributed by atoms with E-state index in [1.54, 1.807) is 0 Å². The van der Waals surface area contributed by atoms with E-state index in [-0.39, 0.29) is 0 Å². The summed E-state index contributed by atoms with van der Waals surface area (Å²) in [6, 6.07) is 8.64. The van der Waals surface area contributed by atoms with E-state index in [4.69, 9.17) is 4.74 Å². The average molecular weight is 314 g/mol. The summed E-state index contributed by atoms with van der Waals surface area (Å²) in [6.45, 7) is 6.94. The van der Waals surface area contributed by atoms with Crippen LogP contribution in [-0.2, 0) is 6.54 Å². The number of benzene rings is 1. The summed E-state index contributed by atoms with van der Waals surface area (Å²) in [5, 5.41) is 0. The number of piperazine rings is 1. The van der Waals surface area contributed by atoms with Gasteiger partial charge in [-0.2, -0.15) is 0 Å². The van der Waals surface area contributed by atoms with Crippen molar-refractivity contribution in [3.05, 3.63) is 36.7 Å². The van der Waals surface area contributed by atoms with Crippen LogP contribution in [0.1, 0.15) is 6.92 Å². The maximum absolute atomic E-state index is 5.77. The van der Waals surface area contributed by atoms with Gasteiger partial charge >= 0.3 is 0 Å². The fourth-order valence-corrected chi connectivity index (χ4v) is 3.16. The minimum absolute atomic E-state index is 0.501. The van der Waals surface area contributed by atoms with Crippen LogP contribution in [0.5, 0.6) is 5.75 Å². The SMILES string of the molecule is CCOc1ccccc1-c1nccn1C[C@@H]1CN(C)CCN1C. The summed E-state index contributed by atoms with van der Waals surface area (Å²) in [5.41, 5.74) is 1.06. The number of nitrogens with zero attached hydrogens (tertiary/aromatic N) is 4. The number of imidazole rings is 1. The number of hydrogen-bond donors (Lipinski definition) is 0. The molecule has 0 amide bonds. The Hall–Kier alpha value is -1.85. The molecule has 5 heteroatoms. The third-order valence-electron chi connectivity index (χ3n) is 4.53. The third kappa shape index (κ3) is 3.57. The Balaban J connectivity index is 1.85. The van der Waals surface area contributed by atoms with Gasteiger partial charge in [-0.15, -0.1) is 0 Å². The van der Waals surface area contributed by atoms with Crippen LogP contribution in [0, 0.1) is 0 Å². The zero-order valence-corrected chi connectivity index (χ0v) is 14.3. The minimum atomic E-state index is 0.501. The van der Waals surface area contributed by atoms with Crippen LogP contribution in [-0.4, -0.2) is 65.7 Å². The molecule has 2 heterocycles. The molecule has 2 aromatic rings. The fraction of sp³-hybridized carbons (Fsp3) is 0.500. The van der Waals surface area contributed by atoms with Crippen LogP contribution >= 0.6 is 0 Å². The van der Waals surface area contributed by atoms with Crippen molar-refractivity contribution in [1.82, 2.24) is 19.4 Å². The first-order chi connectivity index (χ1) is 11.2. The molecule has 0 unspecified atom stereocenters. The van der Waals surface area contributed by atoms with E-state index < -0.39 is 0 Å². The molecule has 0 bridgehead atoms. The summed E-state index contributed by atoms with van der Waals surface area (Å²) < 4.78 is 8.02. The van der Waals surface area contributed by atoms with E-state index >= 15 is 0 Å². The Labute approximate surface area is 138 Å². The van der Waals surface area contributed by atoms with Gasteiger partial charge in [0.15, 0.2) is 0 Å². The van der Waals surface area contributed by atoms with Crippen LogP contribution in [0.3, 0.4) is 0 Å². The fourth-order valence-electron chi connectivity index (χ4n) is 3.16. The molecule has 5 nitrogen and oxygen atoms in total. The lowest BCUT2D eigenvalue weighted by molar-refractivity contribution is 0.103. The van der Waals surface area contributed by atoms with Crippen LogP contribution in [0.4, 0.5) is 0 Å². The van der Waals surface area contributed by atoms with E-state index in [9.17, 15) is 0 Å². The average Bonchev–Trinajstić information content (AvgIpc) is 3.00. The number of hydrogen-bond acceptors (Lipinski definition) is 4.